The molecular weight excluding hydrogens is 100 g/mol. The molecule has 8 heavy (non-hydrogen) atoms. The minimum atomic E-state index is 0.556. The number of hydrazine groups is 1. The molecule has 2 rings (SSSR count). The van der Waals surface area contributed by atoms with Gasteiger partial charge in [0.1, 0.15) is 0 Å². The predicted octanol–water partition coefficient (Wildman–Crippen LogP) is -0.0426. The summed E-state index contributed by atoms with van der Waals surface area (Å²) in [5, 5.41) is 0. The van der Waals surface area contributed by atoms with Crippen LogP contribution in [0.15, 0.2) is 24.3 Å². The molecule has 42 valence electrons. The first-order valence-corrected chi connectivity index (χ1v) is 2.83. The summed E-state index contributed by atoms with van der Waals surface area (Å²) in [6.07, 6.45) is 8.44. The number of hydrogen-bond acceptors (Lipinski definition) is 2. The lowest BCUT2D eigenvalue weighted by Crippen LogP contribution is -2.65. The summed E-state index contributed by atoms with van der Waals surface area (Å²) in [7, 11) is 0. The summed E-state index contributed by atoms with van der Waals surface area (Å²) in [5.41, 5.74) is 6.12. The largest absolute Gasteiger partial charge is 0.248 e. The van der Waals surface area contributed by atoms with Crippen LogP contribution < -0.4 is 10.9 Å². The first-order chi connectivity index (χ1) is 3.97. The fraction of sp³-hybridized carbons (Fsp3) is 0.333. The van der Waals surface area contributed by atoms with Crippen molar-refractivity contribution in [3.05, 3.63) is 24.3 Å². The summed E-state index contributed by atoms with van der Waals surface area (Å²) in [4.78, 5) is 0. The van der Waals surface area contributed by atoms with Crippen molar-refractivity contribution < 1.29 is 0 Å². The van der Waals surface area contributed by atoms with Crippen molar-refractivity contribution in [2.75, 3.05) is 0 Å². The number of nitrogens with one attached hydrogen (secondary N) is 2. The number of rotatable bonds is 0. The highest BCUT2D eigenvalue weighted by Gasteiger charge is 2.25. The van der Waals surface area contributed by atoms with Gasteiger partial charge in [0, 0.05) is 0 Å². The summed E-state index contributed by atoms with van der Waals surface area (Å²) >= 11 is 0. The topological polar surface area (TPSA) is 24.1 Å². The van der Waals surface area contributed by atoms with E-state index in [4.69, 9.17) is 0 Å². The maximum absolute atomic E-state index is 3.06. The van der Waals surface area contributed by atoms with Crippen molar-refractivity contribution in [3.63, 3.8) is 0 Å². The van der Waals surface area contributed by atoms with Crippen molar-refractivity contribution in [2.24, 2.45) is 0 Å². The molecule has 1 aliphatic carbocycles. The maximum atomic E-state index is 3.06. The second-order valence-corrected chi connectivity index (χ2v) is 2.11. The van der Waals surface area contributed by atoms with Gasteiger partial charge in [0.25, 0.3) is 0 Å². The highest BCUT2D eigenvalue weighted by Crippen LogP contribution is 2.08. The number of hydrogen-bond donors (Lipinski definition) is 2. The predicted molar refractivity (Wildman–Crippen MR) is 32.1 cm³/mol. The molecule has 1 heterocycles. The molecule has 0 bridgehead atoms. The Labute approximate surface area is 48.2 Å². The molecule has 0 spiro atoms. The van der Waals surface area contributed by atoms with Crippen molar-refractivity contribution in [2.45, 2.75) is 12.1 Å². The van der Waals surface area contributed by atoms with E-state index in [2.05, 4.69) is 35.2 Å². The van der Waals surface area contributed by atoms with Gasteiger partial charge in [-0.1, -0.05) is 24.3 Å². The van der Waals surface area contributed by atoms with Crippen LogP contribution in [-0.2, 0) is 0 Å². The van der Waals surface area contributed by atoms with Crippen LogP contribution in [0.3, 0.4) is 0 Å². The van der Waals surface area contributed by atoms with Gasteiger partial charge in [0.15, 0.2) is 0 Å². The van der Waals surface area contributed by atoms with Gasteiger partial charge in [-0.25, -0.2) is 10.9 Å². The first kappa shape index (κ1) is 4.30. The second-order valence-electron chi connectivity index (χ2n) is 2.11. The highest BCUT2D eigenvalue weighted by atomic mass is 15.5. The van der Waals surface area contributed by atoms with Crippen molar-refractivity contribution in [3.8, 4) is 0 Å². The number of fused-ring (bicyclic) bond motifs is 1. The third-order valence-electron chi connectivity index (χ3n) is 1.55. The quantitative estimate of drug-likeness (QED) is 0.455. The Hall–Kier alpha value is -0.600. The van der Waals surface area contributed by atoms with Gasteiger partial charge in [-0.3, -0.25) is 0 Å². The van der Waals surface area contributed by atoms with E-state index in [1.165, 1.54) is 0 Å². The van der Waals surface area contributed by atoms with Crippen LogP contribution in [-0.4, -0.2) is 12.1 Å². The van der Waals surface area contributed by atoms with Crippen LogP contribution >= 0.6 is 0 Å². The van der Waals surface area contributed by atoms with Crippen molar-refractivity contribution in [1.82, 2.24) is 10.9 Å². The van der Waals surface area contributed by atoms with E-state index in [0.717, 1.165) is 0 Å². The summed E-state index contributed by atoms with van der Waals surface area (Å²) in [6.45, 7) is 0. The van der Waals surface area contributed by atoms with Crippen LogP contribution in [0.1, 0.15) is 0 Å². The molecular formula is C6H8N2. The zero-order valence-electron chi connectivity index (χ0n) is 4.46. The van der Waals surface area contributed by atoms with E-state index in [9.17, 15) is 0 Å². The van der Waals surface area contributed by atoms with Crippen molar-refractivity contribution >= 4 is 0 Å². The molecule has 2 nitrogen and oxygen atoms in total. The highest BCUT2D eigenvalue weighted by molar-refractivity contribution is 5.22. The van der Waals surface area contributed by atoms with Gasteiger partial charge >= 0.3 is 0 Å². The fourth-order valence-corrected chi connectivity index (χ4v) is 0.979. The van der Waals surface area contributed by atoms with Crippen LogP contribution in [0.25, 0.3) is 0 Å². The molecule has 2 unspecified atom stereocenters. The van der Waals surface area contributed by atoms with Crippen LogP contribution in [0, 0.1) is 0 Å². The van der Waals surface area contributed by atoms with Gasteiger partial charge in [-0.05, 0) is 0 Å². The molecule has 1 fully saturated rings. The Morgan fingerprint density at radius 2 is 1.38 bits per heavy atom. The minimum Gasteiger partial charge on any atom is -0.248 e. The molecule has 0 aromatic heterocycles. The van der Waals surface area contributed by atoms with Gasteiger partial charge in [0.2, 0.25) is 0 Å². The lowest BCUT2D eigenvalue weighted by atomic mass is 10.0. The molecule has 2 atom stereocenters. The molecule has 2 N–H and O–H groups in total. The number of allylic oxidation sites excluding steroid dienone is 2. The van der Waals surface area contributed by atoms with E-state index in [0.29, 0.717) is 12.1 Å². The van der Waals surface area contributed by atoms with E-state index in [1.54, 1.807) is 0 Å². The standard InChI is InChI=1S/C6H8N2/c1-2-4-6-5(3-1)7-8-6/h1-8H. The molecule has 0 aromatic carbocycles. The van der Waals surface area contributed by atoms with Gasteiger partial charge in [-0.15, -0.1) is 0 Å². The van der Waals surface area contributed by atoms with Crippen LogP contribution in [0.5, 0.6) is 0 Å². The molecule has 0 amide bonds. The third-order valence-corrected chi connectivity index (χ3v) is 1.55. The average molecular weight is 108 g/mol. The van der Waals surface area contributed by atoms with Gasteiger partial charge < -0.3 is 0 Å². The lowest BCUT2D eigenvalue weighted by Gasteiger charge is -2.36. The van der Waals surface area contributed by atoms with Gasteiger partial charge in [-0.2, -0.15) is 0 Å². The maximum Gasteiger partial charge on any atom is 0.0598 e. The Morgan fingerprint density at radius 1 is 0.875 bits per heavy atom. The second kappa shape index (κ2) is 1.44. The molecule has 1 aliphatic heterocycles. The van der Waals surface area contributed by atoms with E-state index in [1.807, 2.05) is 0 Å². The molecule has 2 aliphatic rings. The van der Waals surface area contributed by atoms with E-state index < -0.39 is 0 Å². The Morgan fingerprint density at radius 3 is 1.62 bits per heavy atom. The lowest BCUT2D eigenvalue weighted by molar-refractivity contribution is 0.281. The zero-order chi connectivity index (χ0) is 5.40. The molecule has 2 heteroatoms. The molecule has 0 radical (unpaired) electrons. The summed E-state index contributed by atoms with van der Waals surface area (Å²) in [6, 6.07) is 1.11. The van der Waals surface area contributed by atoms with E-state index >= 15 is 0 Å². The summed E-state index contributed by atoms with van der Waals surface area (Å²) < 4.78 is 0. The summed E-state index contributed by atoms with van der Waals surface area (Å²) in [5.74, 6) is 0. The Kier molecular flexibility index (Phi) is 0.771. The monoisotopic (exact) mass is 108 g/mol. The zero-order valence-corrected chi connectivity index (χ0v) is 4.46. The van der Waals surface area contributed by atoms with Crippen molar-refractivity contribution in [1.29, 1.82) is 0 Å². The van der Waals surface area contributed by atoms with Gasteiger partial charge in [0.05, 0.1) is 12.1 Å². The first-order valence-electron chi connectivity index (χ1n) is 2.83. The fourth-order valence-electron chi connectivity index (χ4n) is 0.979. The SMILES string of the molecule is C1=CC2NNC2C=C1. The normalized spacial score (nSPS) is 41.0. The van der Waals surface area contributed by atoms with Crippen LogP contribution in [0.2, 0.25) is 0 Å². The minimum absolute atomic E-state index is 0.556. The Balaban J connectivity index is 2.17. The smallest absolute Gasteiger partial charge is 0.0598 e. The average Bonchev–Trinajstić information content (AvgIpc) is 1.72. The van der Waals surface area contributed by atoms with E-state index in [-0.39, 0.29) is 0 Å². The molecule has 0 aromatic rings. The van der Waals surface area contributed by atoms with Crippen LogP contribution in [0.4, 0.5) is 0 Å². The molecule has 0 saturated carbocycles. The third kappa shape index (κ3) is 0.441. The Bertz CT molecular complexity index is 131. The molecule has 1 saturated heterocycles.